The Morgan fingerprint density at radius 1 is 1.50 bits per heavy atom. The predicted molar refractivity (Wildman–Crippen MR) is 85.2 cm³/mol. The number of pyridine rings is 1. The van der Waals surface area contributed by atoms with E-state index in [0.29, 0.717) is 6.04 Å². The maximum Gasteiger partial charge on any atom is 0.131 e. The molecule has 1 aliphatic heterocycles. The van der Waals surface area contributed by atoms with E-state index >= 15 is 0 Å². The van der Waals surface area contributed by atoms with Crippen molar-refractivity contribution in [3.05, 3.63) is 23.4 Å². The van der Waals surface area contributed by atoms with Gasteiger partial charge in [0.2, 0.25) is 0 Å². The molecule has 0 spiro atoms. The van der Waals surface area contributed by atoms with E-state index in [1.165, 1.54) is 24.0 Å². The van der Waals surface area contributed by atoms with Crippen molar-refractivity contribution in [2.75, 3.05) is 32.1 Å². The second-order valence-corrected chi connectivity index (χ2v) is 6.37. The first-order valence-electron chi connectivity index (χ1n) is 7.60. The van der Waals surface area contributed by atoms with E-state index in [-0.39, 0.29) is 6.04 Å². The fourth-order valence-corrected chi connectivity index (χ4v) is 3.01. The molecule has 1 fully saturated rings. The Bertz CT molecular complexity index is 442. The summed E-state index contributed by atoms with van der Waals surface area (Å²) in [6, 6.07) is 3.06. The molecule has 1 saturated heterocycles. The summed E-state index contributed by atoms with van der Waals surface area (Å²) in [6.45, 7) is 6.39. The molecule has 0 aromatic carbocycles. The van der Waals surface area contributed by atoms with Crippen molar-refractivity contribution in [3.8, 4) is 0 Å². The van der Waals surface area contributed by atoms with Gasteiger partial charge in [0.1, 0.15) is 5.82 Å². The van der Waals surface area contributed by atoms with Gasteiger partial charge < -0.3 is 15.5 Å². The van der Waals surface area contributed by atoms with Crippen LogP contribution in [-0.4, -0.2) is 49.2 Å². The molecule has 20 heavy (non-hydrogen) atoms. The highest BCUT2D eigenvalue weighted by Gasteiger charge is 2.23. The lowest BCUT2D eigenvalue weighted by Gasteiger charge is -2.37. The third-order valence-electron chi connectivity index (χ3n) is 4.09. The van der Waals surface area contributed by atoms with E-state index in [4.69, 9.17) is 10.7 Å². The van der Waals surface area contributed by atoms with Crippen molar-refractivity contribution in [3.63, 3.8) is 0 Å². The van der Waals surface area contributed by atoms with Crippen LogP contribution >= 0.6 is 0 Å². The average molecular weight is 276 g/mol. The number of hydrogen-bond acceptors (Lipinski definition) is 4. The number of likely N-dealkylation sites (N-methyl/N-ethyl adjacent to an activating group) is 1. The Morgan fingerprint density at radius 2 is 2.25 bits per heavy atom. The van der Waals surface area contributed by atoms with Crippen LogP contribution < -0.4 is 10.6 Å². The Kier molecular flexibility index (Phi) is 5.00. The van der Waals surface area contributed by atoms with Gasteiger partial charge in [0.25, 0.3) is 0 Å². The van der Waals surface area contributed by atoms with Crippen molar-refractivity contribution >= 4 is 5.82 Å². The molecule has 0 radical (unpaired) electrons. The van der Waals surface area contributed by atoms with Crippen LogP contribution in [0.1, 0.15) is 30.9 Å². The lowest BCUT2D eigenvalue weighted by atomic mass is 10.0. The Hall–Kier alpha value is -1.13. The fourth-order valence-electron chi connectivity index (χ4n) is 3.01. The number of hydrogen-bond donors (Lipinski definition) is 1. The van der Waals surface area contributed by atoms with Gasteiger partial charge in [0.15, 0.2) is 0 Å². The van der Waals surface area contributed by atoms with Gasteiger partial charge in [-0.3, -0.25) is 0 Å². The van der Waals surface area contributed by atoms with Crippen LogP contribution in [0.3, 0.4) is 0 Å². The third-order valence-corrected chi connectivity index (χ3v) is 4.09. The summed E-state index contributed by atoms with van der Waals surface area (Å²) in [4.78, 5) is 9.46. The molecule has 0 amide bonds. The van der Waals surface area contributed by atoms with Crippen molar-refractivity contribution < 1.29 is 0 Å². The minimum absolute atomic E-state index is 0.190. The molecule has 4 heteroatoms. The zero-order chi connectivity index (χ0) is 14.7. The highest BCUT2D eigenvalue weighted by atomic mass is 15.2. The Balaban J connectivity index is 2.12. The van der Waals surface area contributed by atoms with Crippen molar-refractivity contribution in [2.24, 2.45) is 5.73 Å². The number of rotatable bonds is 4. The molecular formula is C16H28N4. The Labute approximate surface area is 123 Å². The molecule has 4 nitrogen and oxygen atoms in total. The van der Waals surface area contributed by atoms with Crippen molar-refractivity contribution in [1.82, 2.24) is 9.88 Å². The van der Waals surface area contributed by atoms with Gasteiger partial charge >= 0.3 is 0 Å². The lowest BCUT2D eigenvalue weighted by Crippen LogP contribution is -2.45. The summed E-state index contributed by atoms with van der Waals surface area (Å²) in [5.74, 6) is 1.14. The van der Waals surface area contributed by atoms with Crippen LogP contribution in [0.2, 0.25) is 0 Å². The molecule has 1 aliphatic rings. The van der Waals surface area contributed by atoms with E-state index < -0.39 is 0 Å². The topological polar surface area (TPSA) is 45.4 Å². The fraction of sp³-hybridized carbons (Fsp3) is 0.688. The summed E-state index contributed by atoms with van der Waals surface area (Å²) < 4.78 is 0. The standard InChI is InChI=1S/C16H28N4/c1-12-8-14(9-13(2)17)10-18-16(12)20-7-5-6-15(11-20)19(3)4/h8,10,13,15H,5-7,9,11,17H2,1-4H3. The third kappa shape index (κ3) is 3.70. The molecule has 1 aromatic heterocycles. The summed E-state index contributed by atoms with van der Waals surface area (Å²) in [5, 5.41) is 0. The summed E-state index contributed by atoms with van der Waals surface area (Å²) in [6.07, 6.45) is 5.41. The SMILES string of the molecule is Cc1cc(CC(C)N)cnc1N1CCCC(N(C)C)C1. The molecule has 0 bridgehead atoms. The molecule has 2 unspecified atom stereocenters. The number of aromatic nitrogens is 1. The molecule has 2 N–H and O–H groups in total. The molecular weight excluding hydrogens is 248 g/mol. The lowest BCUT2D eigenvalue weighted by molar-refractivity contribution is 0.257. The minimum Gasteiger partial charge on any atom is -0.355 e. The average Bonchev–Trinajstić information content (AvgIpc) is 2.38. The maximum absolute atomic E-state index is 5.86. The van der Waals surface area contributed by atoms with Crippen LogP contribution in [0, 0.1) is 6.92 Å². The molecule has 2 atom stereocenters. The molecule has 2 heterocycles. The summed E-state index contributed by atoms with van der Waals surface area (Å²) in [5.41, 5.74) is 8.37. The quantitative estimate of drug-likeness (QED) is 0.911. The van der Waals surface area contributed by atoms with E-state index in [2.05, 4.69) is 36.9 Å². The van der Waals surface area contributed by atoms with Crippen LogP contribution in [0.5, 0.6) is 0 Å². The number of anilines is 1. The van der Waals surface area contributed by atoms with E-state index in [1.54, 1.807) is 0 Å². The highest BCUT2D eigenvalue weighted by molar-refractivity contribution is 5.48. The number of nitrogens with zero attached hydrogens (tertiary/aromatic N) is 3. The van der Waals surface area contributed by atoms with Crippen LogP contribution in [-0.2, 0) is 6.42 Å². The molecule has 1 aromatic rings. The van der Waals surface area contributed by atoms with Gasteiger partial charge in [0, 0.05) is 31.4 Å². The van der Waals surface area contributed by atoms with Gasteiger partial charge in [-0.2, -0.15) is 0 Å². The summed E-state index contributed by atoms with van der Waals surface area (Å²) >= 11 is 0. The molecule has 0 aliphatic carbocycles. The number of aryl methyl sites for hydroxylation is 1. The van der Waals surface area contributed by atoms with Gasteiger partial charge in [-0.15, -0.1) is 0 Å². The van der Waals surface area contributed by atoms with E-state index in [1.807, 2.05) is 13.1 Å². The highest BCUT2D eigenvalue weighted by Crippen LogP contribution is 2.23. The van der Waals surface area contributed by atoms with Gasteiger partial charge in [-0.1, -0.05) is 6.07 Å². The van der Waals surface area contributed by atoms with Crippen LogP contribution in [0.25, 0.3) is 0 Å². The number of piperidine rings is 1. The van der Waals surface area contributed by atoms with Gasteiger partial charge in [-0.25, -0.2) is 4.98 Å². The van der Waals surface area contributed by atoms with E-state index in [9.17, 15) is 0 Å². The smallest absolute Gasteiger partial charge is 0.131 e. The zero-order valence-electron chi connectivity index (χ0n) is 13.3. The number of nitrogens with two attached hydrogens (primary N) is 1. The molecule has 112 valence electrons. The van der Waals surface area contributed by atoms with Crippen molar-refractivity contribution in [1.29, 1.82) is 0 Å². The first kappa shape index (κ1) is 15.3. The Morgan fingerprint density at radius 3 is 2.85 bits per heavy atom. The van der Waals surface area contributed by atoms with Crippen LogP contribution in [0.15, 0.2) is 12.3 Å². The predicted octanol–water partition coefficient (Wildman–Crippen LogP) is 1.81. The second kappa shape index (κ2) is 6.55. The summed E-state index contributed by atoms with van der Waals surface area (Å²) in [7, 11) is 4.33. The van der Waals surface area contributed by atoms with Crippen LogP contribution in [0.4, 0.5) is 5.82 Å². The molecule has 0 saturated carbocycles. The normalized spacial score (nSPS) is 21.3. The molecule has 2 rings (SSSR count). The first-order valence-corrected chi connectivity index (χ1v) is 7.60. The van der Waals surface area contributed by atoms with E-state index in [0.717, 1.165) is 25.3 Å². The van der Waals surface area contributed by atoms with Gasteiger partial charge in [0.05, 0.1) is 0 Å². The largest absolute Gasteiger partial charge is 0.355 e. The second-order valence-electron chi connectivity index (χ2n) is 6.37. The minimum atomic E-state index is 0.190. The zero-order valence-corrected chi connectivity index (χ0v) is 13.3. The maximum atomic E-state index is 5.86. The van der Waals surface area contributed by atoms with Crippen molar-refractivity contribution in [2.45, 2.75) is 45.2 Å². The first-order chi connectivity index (χ1) is 9.47. The van der Waals surface area contributed by atoms with Gasteiger partial charge in [-0.05, 0) is 58.3 Å². The monoisotopic (exact) mass is 276 g/mol.